The summed E-state index contributed by atoms with van der Waals surface area (Å²) in [4.78, 5) is 0. The third-order valence-corrected chi connectivity index (χ3v) is 4.93. The molecule has 0 bridgehead atoms. The van der Waals surface area contributed by atoms with Crippen molar-refractivity contribution in [2.45, 2.75) is 12.7 Å². The van der Waals surface area contributed by atoms with E-state index in [-0.39, 0.29) is 6.54 Å². The first kappa shape index (κ1) is 17.8. The Morgan fingerprint density at radius 3 is 2.09 bits per heavy atom. The maximum Gasteiger partial charge on any atom is 0.416 e. The van der Waals surface area contributed by atoms with Crippen LogP contribution in [0.3, 0.4) is 0 Å². The van der Waals surface area contributed by atoms with Crippen LogP contribution >= 0.6 is 15.9 Å². The van der Waals surface area contributed by atoms with Crippen LogP contribution in [0.25, 0.3) is 0 Å². The fourth-order valence-electron chi connectivity index (χ4n) is 2.00. The predicted molar refractivity (Wildman–Crippen MR) is 86.6 cm³/mol. The summed E-state index contributed by atoms with van der Waals surface area (Å²) >= 11 is 3.29. The summed E-state index contributed by atoms with van der Waals surface area (Å²) in [6, 6.07) is 11.2. The van der Waals surface area contributed by atoms with Gasteiger partial charge in [0, 0.05) is 4.47 Å². The van der Waals surface area contributed by atoms with E-state index < -0.39 is 21.8 Å². The van der Waals surface area contributed by atoms with Crippen molar-refractivity contribution >= 4 is 31.6 Å². The first-order valence-electron chi connectivity index (χ1n) is 6.47. The average Bonchev–Trinajstić information content (AvgIpc) is 2.44. The molecule has 0 spiro atoms. The minimum Gasteiger partial charge on any atom is -0.265 e. The molecule has 2 aromatic rings. The second-order valence-electron chi connectivity index (χ2n) is 4.92. The van der Waals surface area contributed by atoms with Crippen molar-refractivity contribution in [1.29, 1.82) is 0 Å². The standard InChI is InChI=1S/C15H13BrF3NO2S/c1-23(21,22)20(14-5-3-2-4-13(14)16)10-11-6-8-12(9-7-11)15(17,18)19/h2-9H,10H2,1H3. The highest BCUT2D eigenvalue weighted by molar-refractivity contribution is 9.10. The van der Waals surface area contributed by atoms with Crippen molar-refractivity contribution in [3.63, 3.8) is 0 Å². The number of benzene rings is 2. The van der Waals surface area contributed by atoms with Gasteiger partial charge in [-0.25, -0.2) is 8.42 Å². The van der Waals surface area contributed by atoms with Crippen molar-refractivity contribution in [3.8, 4) is 0 Å². The van der Waals surface area contributed by atoms with Gasteiger partial charge in [0.15, 0.2) is 0 Å². The molecule has 23 heavy (non-hydrogen) atoms. The summed E-state index contributed by atoms with van der Waals surface area (Å²) in [6.45, 7) is -0.0560. The molecule has 0 radical (unpaired) electrons. The van der Waals surface area contributed by atoms with E-state index >= 15 is 0 Å². The largest absolute Gasteiger partial charge is 0.416 e. The Labute approximate surface area is 140 Å². The summed E-state index contributed by atoms with van der Waals surface area (Å²) in [5.74, 6) is 0. The Morgan fingerprint density at radius 2 is 1.61 bits per heavy atom. The van der Waals surface area contributed by atoms with E-state index in [2.05, 4.69) is 15.9 Å². The molecule has 0 aliphatic rings. The second kappa shape index (κ2) is 6.52. The average molecular weight is 408 g/mol. The van der Waals surface area contributed by atoms with Gasteiger partial charge in [-0.1, -0.05) is 24.3 Å². The summed E-state index contributed by atoms with van der Waals surface area (Å²) in [7, 11) is -3.60. The maximum absolute atomic E-state index is 12.6. The van der Waals surface area contributed by atoms with Gasteiger partial charge in [-0.2, -0.15) is 13.2 Å². The third-order valence-electron chi connectivity index (χ3n) is 3.13. The van der Waals surface area contributed by atoms with Crippen LogP contribution in [-0.4, -0.2) is 14.7 Å². The molecule has 124 valence electrons. The highest BCUT2D eigenvalue weighted by Gasteiger charge is 2.30. The Kier molecular flexibility index (Phi) is 5.05. The van der Waals surface area contributed by atoms with E-state index in [0.717, 1.165) is 22.7 Å². The summed E-state index contributed by atoms with van der Waals surface area (Å²) < 4.78 is 63.5. The summed E-state index contributed by atoms with van der Waals surface area (Å²) in [5, 5.41) is 0. The van der Waals surface area contributed by atoms with Crippen LogP contribution in [-0.2, 0) is 22.7 Å². The van der Waals surface area contributed by atoms with Gasteiger partial charge in [0.2, 0.25) is 10.0 Å². The number of rotatable bonds is 4. The number of hydrogen-bond donors (Lipinski definition) is 0. The van der Waals surface area contributed by atoms with Crippen LogP contribution in [0.4, 0.5) is 18.9 Å². The van der Waals surface area contributed by atoms with Gasteiger partial charge in [-0.3, -0.25) is 4.31 Å². The fourth-order valence-corrected chi connectivity index (χ4v) is 3.52. The number of anilines is 1. The van der Waals surface area contributed by atoms with E-state index in [9.17, 15) is 21.6 Å². The number of sulfonamides is 1. The lowest BCUT2D eigenvalue weighted by molar-refractivity contribution is -0.137. The Balaban J connectivity index is 2.35. The van der Waals surface area contributed by atoms with Crippen LogP contribution in [0.2, 0.25) is 0 Å². The highest BCUT2D eigenvalue weighted by atomic mass is 79.9. The van der Waals surface area contributed by atoms with Crippen LogP contribution in [0.5, 0.6) is 0 Å². The maximum atomic E-state index is 12.6. The van der Waals surface area contributed by atoms with Crippen LogP contribution in [0.1, 0.15) is 11.1 Å². The lowest BCUT2D eigenvalue weighted by Crippen LogP contribution is -2.29. The van der Waals surface area contributed by atoms with Gasteiger partial charge in [0.1, 0.15) is 0 Å². The lowest BCUT2D eigenvalue weighted by Gasteiger charge is -2.23. The number of nitrogens with zero attached hydrogens (tertiary/aromatic N) is 1. The summed E-state index contributed by atoms with van der Waals surface area (Å²) in [5.41, 5.74) is 0.113. The minimum atomic E-state index is -4.42. The highest BCUT2D eigenvalue weighted by Crippen LogP contribution is 2.31. The van der Waals surface area contributed by atoms with E-state index in [1.165, 1.54) is 12.1 Å². The molecule has 2 rings (SSSR count). The van der Waals surface area contributed by atoms with Gasteiger partial charge in [-0.15, -0.1) is 0 Å². The van der Waals surface area contributed by atoms with Crippen molar-refractivity contribution < 1.29 is 21.6 Å². The fraction of sp³-hybridized carbons (Fsp3) is 0.200. The van der Waals surface area contributed by atoms with Crippen molar-refractivity contribution in [2.75, 3.05) is 10.6 Å². The monoisotopic (exact) mass is 407 g/mol. The first-order valence-corrected chi connectivity index (χ1v) is 9.11. The molecule has 0 saturated carbocycles. The molecular weight excluding hydrogens is 395 g/mol. The zero-order valence-corrected chi connectivity index (χ0v) is 14.4. The van der Waals surface area contributed by atoms with Crippen molar-refractivity contribution in [3.05, 3.63) is 64.1 Å². The quantitative estimate of drug-likeness (QED) is 0.751. The minimum absolute atomic E-state index is 0.0560. The topological polar surface area (TPSA) is 37.4 Å². The van der Waals surface area contributed by atoms with E-state index in [1.54, 1.807) is 24.3 Å². The van der Waals surface area contributed by atoms with E-state index in [0.29, 0.717) is 15.7 Å². The van der Waals surface area contributed by atoms with Crippen molar-refractivity contribution in [2.24, 2.45) is 0 Å². The molecule has 2 aromatic carbocycles. The zero-order chi connectivity index (χ0) is 17.3. The Bertz CT molecular complexity index is 789. The molecule has 0 unspecified atom stereocenters. The number of hydrogen-bond acceptors (Lipinski definition) is 2. The predicted octanol–water partition coefficient (Wildman–Crippen LogP) is 4.43. The molecule has 0 N–H and O–H groups in total. The normalized spacial score (nSPS) is 12.2. The molecule has 0 amide bonds. The zero-order valence-electron chi connectivity index (χ0n) is 12.0. The summed E-state index contributed by atoms with van der Waals surface area (Å²) in [6.07, 6.45) is -3.37. The smallest absolute Gasteiger partial charge is 0.265 e. The van der Waals surface area contributed by atoms with Crippen LogP contribution < -0.4 is 4.31 Å². The van der Waals surface area contributed by atoms with Crippen LogP contribution in [0, 0.1) is 0 Å². The first-order chi connectivity index (χ1) is 10.6. The lowest BCUT2D eigenvalue weighted by atomic mass is 10.1. The molecule has 0 saturated heterocycles. The van der Waals surface area contributed by atoms with Crippen LogP contribution in [0.15, 0.2) is 53.0 Å². The molecule has 0 aliphatic carbocycles. The molecule has 8 heteroatoms. The van der Waals surface area contributed by atoms with Gasteiger partial charge < -0.3 is 0 Å². The Morgan fingerprint density at radius 1 is 1.04 bits per heavy atom. The van der Waals surface area contributed by atoms with Gasteiger partial charge >= 0.3 is 6.18 Å². The number of para-hydroxylation sites is 1. The Hall–Kier alpha value is -1.54. The van der Waals surface area contributed by atoms with E-state index in [4.69, 9.17) is 0 Å². The molecule has 3 nitrogen and oxygen atoms in total. The third kappa shape index (κ3) is 4.48. The second-order valence-corrected chi connectivity index (χ2v) is 7.68. The number of alkyl halides is 3. The van der Waals surface area contributed by atoms with E-state index in [1.807, 2.05) is 0 Å². The number of halogens is 4. The van der Waals surface area contributed by atoms with Gasteiger partial charge in [0.25, 0.3) is 0 Å². The molecule has 0 fully saturated rings. The van der Waals surface area contributed by atoms with Crippen molar-refractivity contribution in [1.82, 2.24) is 0 Å². The molecule has 0 aromatic heterocycles. The molecular formula is C15H13BrF3NO2S. The molecule has 0 atom stereocenters. The molecule has 0 heterocycles. The van der Waals surface area contributed by atoms with Gasteiger partial charge in [0.05, 0.1) is 24.1 Å². The van der Waals surface area contributed by atoms with Gasteiger partial charge in [-0.05, 0) is 45.8 Å². The SMILES string of the molecule is CS(=O)(=O)N(Cc1ccc(C(F)(F)F)cc1)c1ccccc1Br. The molecule has 0 aliphatic heterocycles.